The quantitative estimate of drug-likeness (QED) is 0.459. The van der Waals surface area contributed by atoms with Crippen LogP contribution in [0.2, 0.25) is 10.0 Å². The second-order valence-electron chi connectivity index (χ2n) is 6.55. The second-order valence-corrected chi connectivity index (χ2v) is 9.25. The van der Waals surface area contributed by atoms with Crippen LogP contribution in [-0.2, 0) is 21.0 Å². The van der Waals surface area contributed by atoms with E-state index in [0.717, 1.165) is 10.4 Å². The SMILES string of the molecule is O=C(CN(c1cccc(Cl)c1)S(=O)(=O)c1ccccc1)Nc1ccc(Cl)c(C(F)(F)F)c1. The lowest BCUT2D eigenvalue weighted by atomic mass is 10.2. The molecule has 0 atom stereocenters. The van der Waals surface area contributed by atoms with Gasteiger partial charge in [-0.15, -0.1) is 0 Å². The van der Waals surface area contributed by atoms with E-state index < -0.39 is 39.2 Å². The second kappa shape index (κ2) is 9.40. The lowest BCUT2D eigenvalue weighted by Gasteiger charge is -2.24. The summed E-state index contributed by atoms with van der Waals surface area (Å²) in [6.07, 6.45) is -4.72. The molecule has 1 amide bonds. The van der Waals surface area contributed by atoms with Gasteiger partial charge in [0.15, 0.2) is 0 Å². The lowest BCUT2D eigenvalue weighted by Crippen LogP contribution is -2.38. The Hall–Kier alpha value is -2.75. The van der Waals surface area contributed by atoms with Crippen LogP contribution in [0.5, 0.6) is 0 Å². The Kier molecular flexibility index (Phi) is 7.02. The molecule has 0 bridgehead atoms. The smallest absolute Gasteiger partial charge is 0.324 e. The number of benzene rings is 3. The minimum atomic E-state index is -4.72. The van der Waals surface area contributed by atoms with Crippen LogP contribution in [0.3, 0.4) is 0 Å². The number of amides is 1. The van der Waals surface area contributed by atoms with Gasteiger partial charge in [-0.2, -0.15) is 13.2 Å². The largest absolute Gasteiger partial charge is 0.417 e. The summed E-state index contributed by atoms with van der Waals surface area (Å²) in [5, 5.41) is 2.00. The van der Waals surface area contributed by atoms with Gasteiger partial charge in [-0.05, 0) is 48.5 Å². The molecule has 0 fully saturated rings. The van der Waals surface area contributed by atoms with Crippen LogP contribution in [0.1, 0.15) is 5.56 Å². The van der Waals surface area contributed by atoms with Crippen molar-refractivity contribution in [3.05, 3.63) is 88.4 Å². The molecule has 0 aliphatic rings. The molecule has 3 aromatic rings. The van der Waals surface area contributed by atoms with E-state index in [4.69, 9.17) is 23.2 Å². The predicted molar refractivity (Wildman–Crippen MR) is 118 cm³/mol. The minimum Gasteiger partial charge on any atom is -0.324 e. The molecule has 0 spiro atoms. The van der Waals surface area contributed by atoms with Gasteiger partial charge in [-0.25, -0.2) is 8.42 Å². The number of hydrogen-bond acceptors (Lipinski definition) is 3. The van der Waals surface area contributed by atoms with E-state index in [2.05, 4.69) is 5.32 Å². The van der Waals surface area contributed by atoms with Gasteiger partial charge in [-0.1, -0.05) is 47.5 Å². The fourth-order valence-corrected chi connectivity index (χ4v) is 4.66. The van der Waals surface area contributed by atoms with Crippen LogP contribution in [-0.4, -0.2) is 20.9 Å². The molecule has 1 N–H and O–H groups in total. The first-order chi connectivity index (χ1) is 15.0. The number of rotatable bonds is 6. The summed E-state index contributed by atoms with van der Waals surface area (Å²) in [5.41, 5.74) is -1.20. The Balaban J connectivity index is 1.93. The number of carbonyl (C=O) groups is 1. The van der Waals surface area contributed by atoms with Crippen LogP contribution in [0.25, 0.3) is 0 Å². The summed E-state index contributed by atoms with van der Waals surface area (Å²) >= 11 is 11.6. The Morgan fingerprint density at radius 2 is 1.62 bits per heavy atom. The molecule has 168 valence electrons. The maximum absolute atomic E-state index is 13.2. The summed E-state index contributed by atoms with van der Waals surface area (Å²) in [6, 6.07) is 16.1. The Morgan fingerprint density at radius 3 is 2.25 bits per heavy atom. The molecule has 0 heterocycles. The van der Waals surface area contributed by atoms with Crippen molar-refractivity contribution in [1.82, 2.24) is 0 Å². The van der Waals surface area contributed by atoms with E-state index in [9.17, 15) is 26.4 Å². The molecule has 0 radical (unpaired) electrons. The number of alkyl halides is 3. The molecule has 0 aliphatic carbocycles. The number of carbonyl (C=O) groups excluding carboxylic acids is 1. The molecule has 0 saturated carbocycles. The van der Waals surface area contributed by atoms with Crippen molar-refractivity contribution in [3.63, 3.8) is 0 Å². The number of halogens is 5. The van der Waals surface area contributed by atoms with E-state index >= 15 is 0 Å². The highest BCUT2D eigenvalue weighted by atomic mass is 35.5. The van der Waals surface area contributed by atoms with Gasteiger partial charge < -0.3 is 5.32 Å². The molecular weight excluding hydrogens is 488 g/mol. The molecule has 0 aromatic heterocycles. The van der Waals surface area contributed by atoms with Crippen molar-refractivity contribution in [1.29, 1.82) is 0 Å². The van der Waals surface area contributed by atoms with Gasteiger partial charge in [0, 0.05) is 10.7 Å². The fraction of sp³-hybridized carbons (Fsp3) is 0.0952. The molecule has 0 saturated heterocycles. The average Bonchev–Trinajstić information content (AvgIpc) is 2.73. The number of nitrogens with zero attached hydrogens (tertiary/aromatic N) is 1. The molecule has 11 heteroatoms. The van der Waals surface area contributed by atoms with Crippen LogP contribution in [0.4, 0.5) is 24.5 Å². The highest BCUT2D eigenvalue weighted by Gasteiger charge is 2.33. The zero-order chi connectivity index (χ0) is 23.5. The zero-order valence-corrected chi connectivity index (χ0v) is 18.4. The van der Waals surface area contributed by atoms with Gasteiger partial charge in [0.25, 0.3) is 10.0 Å². The molecule has 0 aliphatic heterocycles. The maximum atomic E-state index is 13.2. The van der Waals surface area contributed by atoms with Crippen LogP contribution < -0.4 is 9.62 Å². The van der Waals surface area contributed by atoms with Crippen LogP contribution >= 0.6 is 23.2 Å². The predicted octanol–water partition coefficient (Wildman–Crippen LogP) is 5.85. The topological polar surface area (TPSA) is 66.5 Å². The van der Waals surface area contributed by atoms with Crippen molar-refractivity contribution in [2.75, 3.05) is 16.2 Å². The summed E-state index contributed by atoms with van der Waals surface area (Å²) in [5.74, 6) is -0.861. The van der Waals surface area contributed by atoms with Crippen molar-refractivity contribution in [2.45, 2.75) is 11.1 Å². The summed E-state index contributed by atoms with van der Waals surface area (Å²) in [6.45, 7) is -0.707. The van der Waals surface area contributed by atoms with E-state index in [1.807, 2.05) is 0 Å². The first kappa shape index (κ1) is 23.9. The summed E-state index contributed by atoms with van der Waals surface area (Å²) in [7, 11) is -4.18. The summed E-state index contributed by atoms with van der Waals surface area (Å²) in [4.78, 5) is 12.6. The molecule has 0 unspecified atom stereocenters. The van der Waals surface area contributed by atoms with Gasteiger partial charge in [0.05, 0.1) is 21.2 Å². The number of anilines is 2. The van der Waals surface area contributed by atoms with Crippen molar-refractivity contribution in [3.8, 4) is 0 Å². The fourth-order valence-electron chi connectivity index (χ4n) is 2.82. The van der Waals surface area contributed by atoms with Crippen LogP contribution in [0.15, 0.2) is 77.7 Å². The Morgan fingerprint density at radius 1 is 0.938 bits per heavy atom. The highest BCUT2D eigenvalue weighted by Crippen LogP contribution is 2.36. The third-order valence-electron chi connectivity index (χ3n) is 4.27. The average molecular weight is 503 g/mol. The van der Waals surface area contributed by atoms with Gasteiger partial charge in [0.2, 0.25) is 5.91 Å². The molecular formula is C21H15Cl2F3N2O3S. The molecule has 5 nitrogen and oxygen atoms in total. The monoisotopic (exact) mass is 502 g/mol. The van der Waals surface area contributed by atoms with Gasteiger partial charge >= 0.3 is 6.18 Å². The maximum Gasteiger partial charge on any atom is 0.417 e. The van der Waals surface area contributed by atoms with E-state index in [1.165, 1.54) is 54.6 Å². The third kappa shape index (κ3) is 5.53. The van der Waals surface area contributed by atoms with Crippen molar-refractivity contribution in [2.24, 2.45) is 0 Å². The Labute approximate surface area is 192 Å². The molecule has 3 rings (SSSR count). The minimum absolute atomic E-state index is 0.0707. The standard InChI is InChI=1S/C21H15Cl2F3N2O3S/c22-14-5-4-6-16(11-14)28(32(30,31)17-7-2-1-3-8-17)13-20(29)27-15-9-10-19(23)18(12-15)21(24,25)26/h1-12H,13H2,(H,27,29). The molecule has 32 heavy (non-hydrogen) atoms. The van der Waals surface area contributed by atoms with Crippen molar-refractivity contribution < 1.29 is 26.4 Å². The lowest BCUT2D eigenvalue weighted by molar-refractivity contribution is -0.137. The number of sulfonamides is 1. The third-order valence-corrected chi connectivity index (χ3v) is 6.62. The van der Waals surface area contributed by atoms with Gasteiger partial charge in [0.1, 0.15) is 6.54 Å². The first-order valence-corrected chi connectivity index (χ1v) is 11.2. The molecule has 3 aromatic carbocycles. The zero-order valence-electron chi connectivity index (χ0n) is 16.1. The summed E-state index contributed by atoms with van der Waals surface area (Å²) < 4.78 is 66.5. The van der Waals surface area contributed by atoms with E-state index in [-0.39, 0.29) is 21.3 Å². The normalized spacial score (nSPS) is 11.8. The Bertz CT molecular complexity index is 1240. The van der Waals surface area contributed by atoms with E-state index in [1.54, 1.807) is 6.07 Å². The van der Waals surface area contributed by atoms with E-state index in [0.29, 0.717) is 6.07 Å². The van der Waals surface area contributed by atoms with Crippen LogP contribution in [0, 0.1) is 0 Å². The first-order valence-electron chi connectivity index (χ1n) is 8.98. The van der Waals surface area contributed by atoms with Crippen molar-refractivity contribution >= 4 is 50.5 Å². The number of nitrogens with one attached hydrogen (secondary N) is 1. The number of hydrogen-bond donors (Lipinski definition) is 1. The highest BCUT2D eigenvalue weighted by molar-refractivity contribution is 7.92. The van der Waals surface area contributed by atoms with Gasteiger partial charge in [-0.3, -0.25) is 9.10 Å².